The summed E-state index contributed by atoms with van der Waals surface area (Å²) in [7, 11) is 1.64. The number of nitrogens with one attached hydrogen (secondary N) is 2. The molecule has 2 rings (SSSR count). The lowest BCUT2D eigenvalue weighted by Gasteiger charge is -2.20. The molecule has 0 unspecified atom stereocenters. The Bertz CT molecular complexity index is 495. The molecule has 1 aliphatic heterocycles. The number of guanidine groups is 1. The zero-order valence-electron chi connectivity index (χ0n) is 13.3. The van der Waals surface area contributed by atoms with E-state index in [9.17, 15) is 4.79 Å². The normalized spacial score (nSPS) is 14.5. The van der Waals surface area contributed by atoms with E-state index in [0.717, 1.165) is 31.2 Å². The van der Waals surface area contributed by atoms with E-state index in [1.165, 1.54) is 12.8 Å². The molecule has 5 nitrogen and oxygen atoms in total. The first-order valence-electron chi connectivity index (χ1n) is 7.59. The van der Waals surface area contributed by atoms with E-state index in [1.807, 2.05) is 24.3 Å². The van der Waals surface area contributed by atoms with Gasteiger partial charge < -0.3 is 15.5 Å². The standard InChI is InChI=1S/C16H24N4O.HI/c1-3-18-16(20-10-4-5-11-20)19-12-13-6-8-14(9-7-13)15(21)17-2;/h6-9H,3-5,10-12H2,1-2H3,(H,17,21)(H,18,19);1H. The Hall–Kier alpha value is -1.31. The van der Waals surface area contributed by atoms with E-state index in [0.29, 0.717) is 12.1 Å². The molecule has 1 amide bonds. The summed E-state index contributed by atoms with van der Waals surface area (Å²) >= 11 is 0. The second kappa shape index (κ2) is 9.66. The highest BCUT2D eigenvalue weighted by Crippen LogP contribution is 2.09. The van der Waals surface area contributed by atoms with Crippen LogP contribution in [0.2, 0.25) is 0 Å². The Morgan fingerprint density at radius 3 is 2.41 bits per heavy atom. The van der Waals surface area contributed by atoms with Gasteiger partial charge in [0.25, 0.3) is 5.91 Å². The number of amides is 1. The minimum Gasteiger partial charge on any atom is -0.357 e. The Morgan fingerprint density at radius 1 is 1.23 bits per heavy atom. The predicted molar refractivity (Wildman–Crippen MR) is 101 cm³/mol. The van der Waals surface area contributed by atoms with Gasteiger partial charge >= 0.3 is 0 Å². The summed E-state index contributed by atoms with van der Waals surface area (Å²) in [6, 6.07) is 7.60. The molecule has 0 aromatic heterocycles. The van der Waals surface area contributed by atoms with Gasteiger partial charge in [-0.05, 0) is 37.5 Å². The largest absolute Gasteiger partial charge is 0.357 e. The van der Waals surface area contributed by atoms with Gasteiger partial charge in [-0.1, -0.05) is 12.1 Å². The van der Waals surface area contributed by atoms with Gasteiger partial charge in [-0.25, -0.2) is 4.99 Å². The molecule has 0 aliphatic carbocycles. The number of halogens is 1. The van der Waals surface area contributed by atoms with Gasteiger partial charge in [0, 0.05) is 32.2 Å². The van der Waals surface area contributed by atoms with Gasteiger partial charge in [-0.2, -0.15) is 0 Å². The highest BCUT2D eigenvalue weighted by molar-refractivity contribution is 14.0. The molecular weight excluding hydrogens is 391 g/mol. The van der Waals surface area contributed by atoms with Crippen LogP contribution in [0, 0.1) is 0 Å². The minimum atomic E-state index is -0.0598. The van der Waals surface area contributed by atoms with E-state index < -0.39 is 0 Å². The molecule has 1 saturated heterocycles. The van der Waals surface area contributed by atoms with Gasteiger partial charge in [0.2, 0.25) is 0 Å². The van der Waals surface area contributed by atoms with Crippen LogP contribution in [-0.4, -0.2) is 43.4 Å². The van der Waals surface area contributed by atoms with E-state index in [4.69, 9.17) is 4.99 Å². The maximum Gasteiger partial charge on any atom is 0.251 e. The third-order valence-electron chi connectivity index (χ3n) is 3.60. The van der Waals surface area contributed by atoms with Crippen molar-refractivity contribution in [1.29, 1.82) is 0 Å². The first kappa shape index (κ1) is 18.7. The van der Waals surface area contributed by atoms with Gasteiger partial charge in [-0.15, -0.1) is 24.0 Å². The van der Waals surface area contributed by atoms with E-state index in [2.05, 4.69) is 22.5 Å². The fourth-order valence-corrected chi connectivity index (χ4v) is 2.43. The zero-order valence-corrected chi connectivity index (χ0v) is 15.6. The Balaban J connectivity index is 0.00000242. The average Bonchev–Trinajstić information content (AvgIpc) is 3.05. The molecule has 1 aromatic rings. The number of hydrogen-bond donors (Lipinski definition) is 2. The van der Waals surface area contributed by atoms with E-state index in [-0.39, 0.29) is 29.9 Å². The summed E-state index contributed by atoms with van der Waals surface area (Å²) in [6.07, 6.45) is 2.48. The fourth-order valence-electron chi connectivity index (χ4n) is 2.43. The minimum absolute atomic E-state index is 0. The van der Waals surface area contributed by atoms with Crippen molar-refractivity contribution in [3.63, 3.8) is 0 Å². The first-order chi connectivity index (χ1) is 10.2. The molecule has 122 valence electrons. The van der Waals surface area contributed by atoms with Crippen molar-refractivity contribution in [3.05, 3.63) is 35.4 Å². The summed E-state index contributed by atoms with van der Waals surface area (Å²) in [6.45, 7) is 5.77. The first-order valence-corrected chi connectivity index (χ1v) is 7.59. The van der Waals surface area contributed by atoms with Crippen LogP contribution >= 0.6 is 24.0 Å². The maximum absolute atomic E-state index is 11.5. The van der Waals surface area contributed by atoms with Gasteiger partial charge in [-0.3, -0.25) is 4.79 Å². The van der Waals surface area contributed by atoms with Crippen LogP contribution in [0.25, 0.3) is 0 Å². The maximum atomic E-state index is 11.5. The van der Waals surface area contributed by atoms with Crippen molar-refractivity contribution >= 4 is 35.8 Å². The number of likely N-dealkylation sites (tertiary alicyclic amines) is 1. The number of nitrogens with zero attached hydrogens (tertiary/aromatic N) is 2. The van der Waals surface area contributed by atoms with Crippen molar-refractivity contribution in [3.8, 4) is 0 Å². The summed E-state index contributed by atoms with van der Waals surface area (Å²) in [5.41, 5.74) is 1.79. The molecule has 6 heteroatoms. The molecule has 1 fully saturated rings. The third-order valence-corrected chi connectivity index (χ3v) is 3.60. The summed E-state index contributed by atoms with van der Waals surface area (Å²) in [4.78, 5) is 18.5. The van der Waals surface area contributed by atoms with Crippen molar-refractivity contribution in [2.75, 3.05) is 26.7 Å². The Labute approximate surface area is 149 Å². The Morgan fingerprint density at radius 2 is 1.86 bits per heavy atom. The number of carbonyl (C=O) groups is 1. The molecule has 0 atom stereocenters. The average molecular weight is 416 g/mol. The zero-order chi connectivity index (χ0) is 15.1. The van der Waals surface area contributed by atoms with Crippen LogP contribution < -0.4 is 10.6 Å². The van der Waals surface area contributed by atoms with Gasteiger partial charge in [0.15, 0.2) is 5.96 Å². The summed E-state index contributed by atoms with van der Waals surface area (Å²) < 4.78 is 0. The molecule has 1 aliphatic rings. The molecule has 0 bridgehead atoms. The smallest absolute Gasteiger partial charge is 0.251 e. The van der Waals surface area contributed by atoms with Crippen molar-refractivity contribution in [2.24, 2.45) is 4.99 Å². The second-order valence-electron chi connectivity index (χ2n) is 5.14. The lowest BCUT2D eigenvalue weighted by atomic mass is 10.1. The Kier molecular flexibility index (Phi) is 8.22. The van der Waals surface area contributed by atoms with Crippen LogP contribution in [-0.2, 0) is 6.54 Å². The molecule has 0 spiro atoms. The summed E-state index contributed by atoms with van der Waals surface area (Å²) in [5.74, 6) is 0.931. The number of benzene rings is 1. The van der Waals surface area contributed by atoms with Crippen LogP contribution in [0.4, 0.5) is 0 Å². The SMILES string of the molecule is CCNC(=NCc1ccc(C(=O)NC)cc1)N1CCCC1.I. The van der Waals surface area contributed by atoms with Crippen LogP contribution in [0.15, 0.2) is 29.3 Å². The quantitative estimate of drug-likeness (QED) is 0.450. The van der Waals surface area contributed by atoms with E-state index in [1.54, 1.807) is 7.05 Å². The molecule has 0 saturated carbocycles. The molecule has 1 aromatic carbocycles. The van der Waals surface area contributed by atoms with Gasteiger partial charge in [0.05, 0.1) is 6.54 Å². The summed E-state index contributed by atoms with van der Waals surface area (Å²) in [5, 5.41) is 5.97. The number of carbonyl (C=O) groups excluding carboxylic acids is 1. The number of rotatable bonds is 4. The second-order valence-corrected chi connectivity index (χ2v) is 5.14. The molecule has 1 heterocycles. The lowest BCUT2D eigenvalue weighted by Crippen LogP contribution is -2.39. The predicted octanol–water partition coefficient (Wildman–Crippen LogP) is 2.23. The van der Waals surface area contributed by atoms with Crippen LogP contribution in [0.1, 0.15) is 35.7 Å². The van der Waals surface area contributed by atoms with Crippen molar-refractivity contribution < 1.29 is 4.79 Å². The van der Waals surface area contributed by atoms with Crippen molar-refractivity contribution in [1.82, 2.24) is 15.5 Å². The lowest BCUT2D eigenvalue weighted by molar-refractivity contribution is 0.0963. The fraction of sp³-hybridized carbons (Fsp3) is 0.500. The van der Waals surface area contributed by atoms with Crippen molar-refractivity contribution in [2.45, 2.75) is 26.3 Å². The highest BCUT2D eigenvalue weighted by atomic mass is 127. The van der Waals surface area contributed by atoms with Crippen LogP contribution in [0.5, 0.6) is 0 Å². The van der Waals surface area contributed by atoms with Crippen LogP contribution in [0.3, 0.4) is 0 Å². The number of hydrogen-bond acceptors (Lipinski definition) is 2. The molecular formula is C16H25IN4O. The topological polar surface area (TPSA) is 56.7 Å². The number of aliphatic imine (C=N–C) groups is 1. The highest BCUT2D eigenvalue weighted by Gasteiger charge is 2.15. The molecule has 2 N–H and O–H groups in total. The molecule has 0 radical (unpaired) electrons. The third kappa shape index (κ3) is 5.15. The van der Waals surface area contributed by atoms with E-state index >= 15 is 0 Å². The molecule has 22 heavy (non-hydrogen) atoms. The monoisotopic (exact) mass is 416 g/mol. The van der Waals surface area contributed by atoms with Gasteiger partial charge in [0.1, 0.15) is 0 Å².